The molecule has 0 fully saturated rings. The molecule has 1 aromatic heterocycles. The van der Waals surface area contributed by atoms with Gasteiger partial charge in [-0.3, -0.25) is 4.98 Å². The molecule has 0 aliphatic rings. The van der Waals surface area contributed by atoms with Gasteiger partial charge in [0.15, 0.2) is 0 Å². The zero-order chi connectivity index (χ0) is 11.2. The van der Waals surface area contributed by atoms with Crippen LogP contribution >= 0.6 is 0 Å². The predicted octanol–water partition coefficient (Wildman–Crippen LogP) is 3.82. The van der Waals surface area contributed by atoms with E-state index in [1.54, 1.807) is 0 Å². The minimum absolute atomic E-state index is 0.614. The molecule has 0 aliphatic carbocycles. The first kappa shape index (κ1) is 10.9. The van der Waals surface area contributed by atoms with E-state index in [4.69, 9.17) is 0 Å². The summed E-state index contributed by atoms with van der Waals surface area (Å²) in [6.07, 6.45) is 6.01. The molecule has 0 radical (unpaired) electrons. The second-order valence-electron chi connectivity index (χ2n) is 4.08. The molecule has 0 spiro atoms. The second-order valence-corrected chi connectivity index (χ2v) is 4.08. The summed E-state index contributed by atoms with van der Waals surface area (Å²) in [5, 5.41) is 0. The normalized spacial score (nSPS) is 12.3. The molecule has 0 N–H and O–H groups in total. The van der Waals surface area contributed by atoms with Gasteiger partial charge >= 0.3 is 0 Å². The molecule has 16 heavy (non-hydrogen) atoms. The molecule has 1 atom stereocenters. The van der Waals surface area contributed by atoms with E-state index in [-0.39, 0.29) is 0 Å². The van der Waals surface area contributed by atoms with Gasteiger partial charge in [-0.05, 0) is 42.0 Å². The highest BCUT2D eigenvalue weighted by molar-refractivity contribution is 5.23. The van der Waals surface area contributed by atoms with Gasteiger partial charge in [-0.1, -0.05) is 37.3 Å². The van der Waals surface area contributed by atoms with Crippen LogP contribution in [-0.4, -0.2) is 4.98 Å². The van der Waals surface area contributed by atoms with Crippen LogP contribution in [0.3, 0.4) is 0 Å². The number of hydrogen-bond acceptors (Lipinski definition) is 1. The Morgan fingerprint density at radius 2 is 1.69 bits per heavy atom. The Bertz CT molecular complexity index is 408. The Hall–Kier alpha value is -1.63. The SMILES string of the molecule is CCC(Cc1ccncc1)c1ccccc1. The molecule has 0 bridgehead atoms. The van der Waals surface area contributed by atoms with Crippen molar-refractivity contribution in [1.29, 1.82) is 0 Å². The minimum atomic E-state index is 0.614. The van der Waals surface area contributed by atoms with Crippen molar-refractivity contribution in [2.24, 2.45) is 0 Å². The van der Waals surface area contributed by atoms with Gasteiger partial charge in [0.1, 0.15) is 0 Å². The van der Waals surface area contributed by atoms with Crippen molar-refractivity contribution >= 4 is 0 Å². The highest BCUT2D eigenvalue weighted by Crippen LogP contribution is 2.23. The van der Waals surface area contributed by atoms with Gasteiger partial charge < -0.3 is 0 Å². The molecular formula is C15H17N. The molecule has 0 saturated heterocycles. The van der Waals surface area contributed by atoms with Crippen LogP contribution in [-0.2, 0) is 6.42 Å². The Labute approximate surface area is 97.2 Å². The van der Waals surface area contributed by atoms with Gasteiger partial charge in [-0.25, -0.2) is 0 Å². The Balaban J connectivity index is 2.13. The van der Waals surface area contributed by atoms with Crippen molar-refractivity contribution in [3.63, 3.8) is 0 Å². The minimum Gasteiger partial charge on any atom is -0.265 e. The first-order valence-electron chi connectivity index (χ1n) is 5.84. The van der Waals surface area contributed by atoms with E-state index < -0.39 is 0 Å². The maximum atomic E-state index is 4.05. The molecule has 2 aromatic rings. The van der Waals surface area contributed by atoms with Crippen molar-refractivity contribution in [3.05, 3.63) is 66.0 Å². The summed E-state index contributed by atoms with van der Waals surface area (Å²) < 4.78 is 0. The molecule has 1 unspecified atom stereocenters. The lowest BCUT2D eigenvalue weighted by molar-refractivity contribution is 0.660. The summed E-state index contributed by atoms with van der Waals surface area (Å²) in [7, 11) is 0. The molecule has 1 heteroatoms. The zero-order valence-corrected chi connectivity index (χ0v) is 9.63. The van der Waals surface area contributed by atoms with E-state index in [0.29, 0.717) is 5.92 Å². The van der Waals surface area contributed by atoms with Crippen molar-refractivity contribution in [2.75, 3.05) is 0 Å². The quantitative estimate of drug-likeness (QED) is 0.749. The highest BCUT2D eigenvalue weighted by Gasteiger charge is 2.09. The van der Waals surface area contributed by atoms with Crippen LogP contribution in [0.25, 0.3) is 0 Å². The monoisotopic (exact) mass is 211 g/mol. The summed E-state index contributed by atoms with van der Waals surface area (Å²) in [5.74, 6) is 0.614. The summed E-state index contributed by atoms with van der Waals surface area (Å²) in [6.45, 7) is 2.25. The Morgan fingerprint density at radius 1 is 1.00 bits per heavy atom. The third-order valence-corrected chi connectivity index (χ3v) is 3.00. The number of benzene rings is 1. The van der Waals surface area contributed by atoms with E-state index >= 15 is 0 Å². The fraction of sp³-hybridized carbons (Fsp3) is 0.267. The molecule has 1 heterocycles. The molecule has 1 aromatic carbocycles. The fourth-order valence-electron chi connectivity index (χ4n) is 2.03. The fourth-order valence-corrected chi connectivity index (χ4v) is 2.03. The number of hydrogen-bond donors (Lipinski definition) is 0. The van der Waals surface area contributed by atoms with E-state index in [1.165, 1.54) is 17.5 Å². The average Bonchev–Trinajstić information content (AvgIpc) is 2.38. The van der Waals surface area contributed by atoms with Crippen molar-refractivity contribution in [2.45, 2.75) is 25.7 Å². The molecule has 0 aliphatic heterocycles. The second kappa shape index (κ2) is 5.45. The van der Waals surface area contributed by atoms with E-state index in [0.717, 1.165) is 6.42 Å². The molecule has 0 saturated carbocycles. The standard InChI is InChI=1S/C15H17N/c1-2-14(15-6-4-3-5-7-15)12-13-8-10-16-11-9-13/h3-11,14H,2,12H2,1H3. The number of pyridine rings is 1. The van der Waals surface area contributed by atoms with Gasteiger partial charge in [0, 0.05) is 12.4 Å². The largest absolute Gasteiger partial charge is 0.265 e. The van der Waals surface area contributed by atoms with Gasteiger partial charge in [-0.15, -0.1) is 0 Å². The van der Waals surface area contributed by atoms with Crippen LogP contribution in [0.5, 0.6) is 0 Å². The van der Waals surface area contributed by atoms with Gasteiger partial charge in [-0.2, -0.15) is 0 Å². The van der Waals surface area contributed by atoms with Gasteiger partial charge in [0.2, 0.25) is 0 Å². The third kappa shape index (κ3) is 2.69. The maximum Gasteiger partial charge on any atom is 0.0270 e. The third-order valence-electron chi connectivity index (χ3n) is 3.00. The highest BCUT2D eigenvalue weighted by atomic mass is 14.6. The van der Waals surface area contributed by atoms with Crippen LogP contribution < -0.4 is 0 Å². The Morgan fingerprint density at radius 3 is 2.31 bits per heavy atom. The Kier molecular flexibility index (Phi) is 3.71. The molecule has 1 nitrogen and oxygen atoms in total. The molecule has 0 amide bonds. The van der Waals surface area contributed by atoms with Crippen LogP contribution in [0, 0.1) is 0 Å². The zero-order valence-electron chi connectivity index (χ0n) is 9.63. The summed E-state index contributed by atoms with van der Waals surface area (Å²) in [4.78, 5) is 4.05. The number of nitrogens with zero attached hydrogens (tertiary/aromatic N) is 1. The summed E-state index contributed by atoms with van der Waals surface area (Å²) in [6, 6.07) is 14.9. The van der Waals surface area contributed by atoms with E-state index in [2.05, 4.69) is 54.4 Å². The number of aromatic nitrogens is 1. The van der Waals surface area contributed by atoms with Crippen LogP contribution in [0.1, 0.15) is 30.4 Å². The maximum absolute atomic E-state index is 4.05. The van der Waals surface area contributed by atoms with Crippen LogP contribution in [0.4, 0.5) is 0 Å². The average molecular weight is 211 g/mol. The van der Waals surface area contributed by atoms with E-state index in [9.17, 15) is 0 Å². The smallest absolute Gasteiger partial charge is 0.0270 e. The van der Waals surface area contributed by atoms with Crippen molar-refractivity contribution in [1.82, 2.24) is 4.98 Å². The molecule has 82 valence electrons. The number of rotatable bonds is 4. The van der Waals surface area contributed by atoms with Gasteiger partial charge in [0.25, 0.3) is 0 Å². The summed E-state index contributed by atoms with van der Waals surface area (Å²) in [5.41, 5.74) is 2.80. The molecular weight excluding hydrogens is 194 g/mol. The summed E-state index contributed by atoms with van der Waals surface area (Å²) >= 11 is 0. The first-order valence-corrected chi connectivity index (χ1v) is 5.84. The lowest BCUT2D eigenvalue weighted by Gasteiger charge is -2.15. The predicted molar refractivity (Wildman–Crippen MR) is 67.4 cm³/mol. The van der Waals surface area contributed by atoms with Crippen LogP contribution in [0.15, 0.2) is 54.9 Å². The first-order chi connectivity index (χ1) is 7.90. The van der Waals surface area contributed by atoms with Gasteiger partial charge in [0.05, 0.1) is 0 Å². The van der Waals surface area contributed by atoms with E-state index in [1.807, 2.05) is 12.4 Å². The topological polar surface area (TPSA) is 12.9 Å². The van der Waals surface area contributed by atoms with Crippen molar-refractivity contribution in [3.8, 4) is 0 Å². The lowest BCUT2D eigenvalue weighted by Crippen LogP contribution is -2.01. The van der Waals surface area contributed by atoms with Crippen LogP contribution in [0.2, 0.25) is 0 Å². The van der Waals surface area contributed by atoms with Crippen molar-refractivity contribution < 1.29 is 0 Å². The molecule has 2 rings (SSSR count). The lowest BCUT2D eigenvalue weighted by atomic mass is 9.90.